The molecule has 1 rings (SSSR count). The van der Waals surface area contributed by atoms with Crippen molar-refractivity contribution < 1.29 is 13.2 Å². The average Bonchev–Trinajstić information content (AvgIpc) is 2.11. The number of rotatable bonds is 0. The molecule has 0 spiro atoms. The van der Waals surface area contributed by atoms with Gasteiger partial charge in [-0.1, -0.05) is 11.6 Å². The molecule has 0 aliphatic heterocycles. The van der Waals surface area contributed by atoms with Crippen LogP contribution in [0.4, 0.5) is 19.0 Å². The first-order valence-electron chi connectivity index (χ1n) is 2.49. The number of aromatic nitrogens is 2. The number of alkyl halides is 3. The van der Waals surface area contributed by atoms with Crippen molar-refractivity contribution in [1.82, 2.24) is 9.97 Å². The summed E-state index contributed by atoms with van der Waals surface area (Å²) in [5, 5.41) is -0.364. The largest absolute Gasteiger partial charge is 0.449 e. The Balaban J connectivity index is 3.08. The van der Waals surface area contributed by atoms with Crippen molar-refractivity contribution in [3.05, 3.63) is 11.0 Å². The number of hydrogen-bond acceptors (Lipinski definition) is 2. The number of H-pyrrole nitrogens is 1. The van der Waals surface area contributed by atoms with Crippen LogP contribution in [0.2, 0.25) is 5.15 Å². The van der Waals surface area contributed by atoms with Crippen molar-refractivity contribution in [2.24, 2.45) is 0 Å². The molecule has 0 atom stereocenters. The number of aromatic amines is 1. The highest BCUT2D eigenvalue weighted by atomic mass is 35.5. The summed E-state index contributed by atoms with van der Waals surface area (Å²) < 4.78 is 35.3. The SMILES string of the molecule is Nc1[nH]c(C(F)(F)F)nc1Cl. The van der Waals surface area contributed by atoms with E-state index < -0.39 is 12.0 Å². The quantitative estimate of drug-likeness (QED) is 0.646. The minimum absolute atomic E-state index is 0.279. The molecule has 3 nitrogen and oxygen atoms in total. The highest BCUT2D eigenvalue weighted by Gasteiger charge is 2.35. The Labute approximate surface area is 64.4 Å². The lowest BCUT2D eigenvalue weighted by molar-refractivity contribution is -0.144. The lowest BCUT2D eigenvalue weighted by atomic mass is 10.6. The van der Waals surface area contributed by atoms with E-state index in [4.69, 9.17) is 17.3 Å². The van der Waals surface area contributed by atoms with Crippen LogP contribution in [0.25, 0.3) is 0 Å². The third kappa shape index (κ3) is 1.56. The van der Waals surface area contributed by atoms with Gasteiger partial charge in [-0.15, -0.1) is 0 Å². The minimum Gasteiger partial charge on any atom is -0.383 e. The van der Waals surface area contributed by atoms with E-state index in [2.05, 4.69) is 4.98 Å². The predicted octanol–water partition coefficient (Wildman–Crippen LogP) is 1.66. The van der Waals surface area contributed by atoms with Crippen LogP contribution in [0.3, 0.4) is 0 Å². The van der Waals surface area contributed by atoms with E-state index in [1.807, 2.05) is 0 Å². The molecule has 7 heteroatoms. The smallest absolute Gasteiger partial charge is 0.383 e. The molecule has 0 bridgehead atoms. The summed E-state index contributed by atoms with van der Waals surface area (Å²) in [5.74, 6) is -1.46. The standard InChI is InChI=1S/C4H3ClF3N3/c5-1-2(9)11-3(10-1)4(6,7)8/h9H2,(H,10,11). The molecule has 1 aromatic rings. The second-order valence-corrected chi connectivity index (χ2v) is 2.15. The van der Waals surface area contributed by atoms with Crippen molar-refractivity contribution in [1.29, 1.82) is 0 Å². The van der Waals surface area contributed by atoms with Crippen molar-refractivity contribution >= 4 is 17.4 Å². The maximum absolute atomic E-state index is 11.8. The third-order valence-electron chi connectivity index (χ3n) is 0.954. The topological polar surface area (TPSA) is 54.7 Å². The van der Waals surface area contributed by atoms with E-state index in [-0.39, 0.29) is 11.0 Å². The van der Waals surface area contributed by atoms with Gasteiger partial charge in [-0.25, -0.2) is 4.98 Å². The lowest BCUT2D eigenvalue weighted by Gasteiger charge is -1.98. The van der Waals surface area contributed by atoms with Gasteiger partial charge in [0.2, 0.25) is 5.82 Å². The van der Waals surface area contributed by atoms with Gasteiger partial charge >= 0.3 is 6.18 Å². The fourth-order valence-electron chi connectivity index (χ4n) is 0.500. The van der Waals surface area contributed by atoms with E-state index >= 15 is 0 Å². The number of nitrogens with two attached hydrogens (primary N) is 1. The molecule has 0 fully saturated rings. The Hall–Kier alpha value is -0.910. The van der Waals surface area contributed by atoms with Crippen molar-refractivity contribution in [3.8, 4) is 0 Å². The molecule has 0 radical (unpaired) electrons. The maximum Gasteiger partial charge on any atom is 0.449 e. The molecule has 0 unspecified atom stereocenters. The summed E-state index contributed by atoms with van der Waals surface area (Å²) in [4.78, 5) is 4.74. The zero-order valence-electron chi connectivity index (χ0n) is 5.04. The highest BCUT2D eigenvalue weighted by Crippen LogP contribution is 2.29. The molecule has 62 valence electrons. The number of nitrogen functional groups attached to an aromatic ring is 1. The fourth-order valence-corrected chi connectivity index (χ4v) is 0.631. The van der Waals surface area contributed by atoms with Gasteiger partial charge in [-0.3, -0.25) is 0 Å². The second-order valence-electron chi connectivity index (χ2n) is 1.79. The van der Waals surface area contributed by atoms with Gasteiger partial charge in [0.15, 0.2) is 5.15 Å². The molecule has 0 aliphatic carbocycles. The number of anilines is 1. The summed E-state index contributed by atoms with van der Waals surface area (Å²) in [5.41, 5.74) is 4.99. The minimum atomic E-state index is -4.53. The van der Waals surface area contributed by atoms with Crippen LogP contribution in [0.5, 0.6) is 0 Å². The Kier molecular flexibility index (Phi) is 1.71. The normalized spacial score (nSPS) is 12.0. The molecular formula is C4H3ClF3N3. The molecule has 1 aromatic heterocycles. The zero-order valence-corrected chi connectivity index (χ0v) is 5.79. The van der Waals surface area contributed by atoms with Crippen molar-refractivity contribution in [2.45, 2.75) is 6.18 Å². The zero-order chi connectivity index (χ0) is 8.65. The molecule has 0 aliphatic rings. The van der Waals surface area contributed by atoms with Gasteiger partial charge in [0.25, 0.3) is 0 Å². The van der Waals surface area contributed by atoms with Gasteiger partial charge in [0.1, 0.15) is 5.82 Å². The summed E-state index contributed by atoms with van der Waals surface area (Å²) in [6.45, 7) is 0. The number of nitrogens with one attached hydrogen (secondary N) is 1. The first-order chi connectivity index (χ1) is 4.91. The first kappa shape index (κ1) is 8.19. The van der Waals surface area contributed by atoms with Crippen LogP contribution in [0, 0.1) is 0 Å². The van der Waals surface area contributed by atoms with Crippen LogP contribution in [0.15, 0.2) is 0 Å². The monoisotopic (exact) mass is 185 g/mol. The summed E-state index contributed by atoms with van der Waals surface area (Å²) in [7, 11) is 0. The fraction of sp³-hybridized carbons (Fsp3) is 0.250. The van der Waals surface area contributed by atoms with Crippen LogP contribution >= 0.6 is 11.6 Å². The third-order valence-corrected chi connectivity index (χ3v) is 1.24. The van der Waals surface area contributed by atoms with Crippen LogP contribution in [0.1, 0.15) is 5.82 Å². The Morgan fingerprint density at radius 2 is 2.00 bits per heavy atom. The Morgan fingerprint density at radius 3 is 2.18 bits per heavy atom. The Bertz CT molecular complexity index is 247. The number of halogens is 4. The second kappa shape index (κ2) is 2.30. The molecular weight excluding hydrogens is 183 g/mol. The van der Waals surface area contributed by atoms with Crippen molar-refractivity contribution in [3.63, 3.8) is 0 Å². The van der Waals surface area contributed by atoms with Crippen LogP contribution in [-0.4, -0.2) is 9.97 Å². The summed E-state index contributed by atoms with van der Waals surface area (Å²) >= 11 is 5.17. The van der Waals surface area contributed by atoms with Crippen LogP contribution in [-0.2, 0) is 6.18 Å². The number of imidazole rings is 1. The number of hydrogen-bond donors (Lipinski definition) is 2. The molecule has 1 heterocycles. The first-order valence-corrected chi connectivity index (χ1v) is 2.87. The lowest BCUT2D eigenvalue weighted by Crippen LogP contribution is -2.07. The molecule has 0 amide bonds. The van der Waals surface area contributed by atoms with E-state index in [9.17, 15) is 13.2 Å². The van der Waals surface area contributed by atoms with Gasteiger partial charge in [-0.2, -0.15) is 13.2 Å². The van der Waals surface area contributed by atoms with Gasteiger partial charge in [0.05, 0.1) is 0 Å². The van der Waals surface area contributed by atoms with E-state index in [1.165, 1.54) is 0 Å². The Morgan fingerprint density at radius 1 is 1.45 bits per heavy atom. The molecule has 0 aromatic carbocycles. The van der Waals surface area contributed by atoms with Crippen LogP contribution < -0.4 is 5.73 Å². The van der Waals surface area contributed by atoms with E-state index in [0.717, 1.165) is 0 Å². The van der Waals surface area contributed by atoms with Crippen molar-refractivity contribution in [2.75, 3.05) is 5.73 Å². The molecule has 0 saturated heterocycles. The predicted molar refractivity (Wildman–Crippen MR) is 33.0 cm³/mol. The molecule has 3 N–H and O–H groups in total. The molecule has 11 heavy (non-hydrogen) atoms. The van der Waals surface area contributed by atoms with Gasteiger partial charge in [-0.05, 0) is 0 Å². The highest BCUT2D eigenvalue weighted by molar-refractivity contribution is 6.31. The van der Waals surface area contributed by atoms with Gasteiger partial charge in [0, 0.05) is 0 Å². The summed E-state index contributed by atoms with van der Waals surface area (Å²) in [6.07, 6.45) is -4.53. The van der Waals surface area contributed by atoms with E-state index in [0.29, 0.717) is 0 Å². The average molecular weight is 186 g/mol. The number of nitrogens with zero attached hydrogens (tertiary/aromatic N) is 1. The maximum atomic E-state index is 11.8. The summed E-state index contributed by atoms with van der Waals surface area (Å²) in [6, 6.07) is 0. The van der Waals surface area contributed by atoms with Gasteiger partial charge < -0.3 is 10.7 Å². The molecule has 0 saturated carbocycles. The van der Waals surface area contributed by atoms with E-state index in [1.54, 1.807) is 4.98 Å².